The molecule has 0 bridgehead atoms. The van der Waals surface area contributed by atoms with Crippen molar-refractivity contribution in [1.29, 1.82) is 0 Å². The van der Waals surface area contributed by atoms with Crippen LogP contribution in [0.1, 0.15) is 56.3 Å². The Kier molecular flexibility index (Phi) is 5.99. The molecule has 4 heteroatoms. The summed E-state index contributed by atoms with van der Waals surface area (Å²) in [5.74, 6) is 0.705. The van der Waals surface area contributed by atoms with E-state index in [4.69, 9.17) is 0 Å². The molecule has 1 unspecified atom stereocenters. The summed E-state index contributed by atoms with van der Waals surface area (Å²) in [6.45, 7) is 5.94. The Morgan fingerprint density at radius 2 is 2.00 bits per heavy atom. The molecule has 0 radical (unpaired) electrons. The van der Waals surface area contributed by atoms with Crippen molar-refractivity contribution in [1.82, 2.24) is 4.90 Å². The molecular formula is C18H26N2O2. The molecule has 1 N–H and O–H groups in total. The van der Waals surface area contributed by atoms with Crippen molar-refractivity contribution >= 4 is 17.5 Å². The molecule has 2 rings (SSSR count). The second-order valence-corrected chi connectivity index (χ2v) is 6.23. The Balaban J connectivity index is 1.93. The number of anilines is 1. The number of piperidine rings is 1. The number of hydrogen-bond acceptors (Lipinski definition) is 2. The van der Waals surface area contributed by atoms with Crippen molar-refractivity contribution in [2.24, 2.45) is 5.92 Å². The van der Waals surface area contributed by atoms with Gasteiger partial charge in [-0.1, -0.05) is 20.3 Å². The van der Waals surface area contributed by atoms with Gasteiger partial charge < -0.3 is 10.2 Å². The zero-order valence-electron chi connectivity index (χ0n) is 13.6. The van der Waals surface area contributed by atoms with Crippen LogP contribution in [0.4, 0.5) is 5.69 Å². The van der Waals surface area contributed by atoms with Crippen LogP contribution in [0.15, 0.2) is 24.3 Å². The first kappa shape index (κ1) is 16.5. The lowest BCUT2D eigenvalue weighted by Gasteiger charge is -2.31. The number of nitrogens with zero attached hydrogens (tertiary/aromatic N) is 1. The number of carbonyl (C=O) groups is 2. The summed E-state index contributed by atoms with van der Waals surface area (Å²) in [6.07, 6.45) is 4.73. The van der Waals surface area contributed by atoms with Crippen LogP contribution in [-0.4, -0.2) is 29.8 Å². The van der Waals surface area contributed by atoms with Gasteiger partial charge >= 0.3 is 0 Å². The normalized spacial score (nSPS) is 18.1. The molecule has 120 valence electrons. The zero-order valence-corrected chi connectivity index (χ0v) is 13.6. The van der Waals surface area contributed by atoms with Crippen molar-refractivity contribution in [3.63, 3.8) is 0 Å². The first-order valence-electron chi connectivity index (χ1n) is 8.29. The fourth-order valence-corrected chi connectivity index (χ4v) is 2.81. The third-order valence-corrected chi connectivity index (χ3v) is 4.12. The molecular weight excluding hydrogens is 276 g/mol. The average molecular weight is 302 g/mol. The van der Waals surface area contributed by atoms with E-state index in [2.05, 4.69) is 19.2 Å². The van der Waals surface area contributed by atoms with Crippen LogP contribution in [0, 0.1) is 5.92 Å². The van der Waals surface area contributed by atoms with Crippen molar-refractivity contribution in [2.75, 3.05) is 18.4 Å². The number of amides is 2. The zero-order chi connectivity index (χ0) is 15.9. The van der Waals surface area contributed by atoms with Crippen molar-refractivity contribution in [3.05, 3.63) is 29.8 Å². The van der Waals surface area contributed by atoms with Crippen LogP contribution in [0.3, 0.4) is 0 Å². The number of unbranched alkanes of at least 4 members (excludes halogenated alkanes) is 1. The van der Waals surface area contributed by atoms with Gasteiger partial charge in [0.2, 0.25) is 5.91 Å². The molecule has 1 aromatic carbocycles. The maximum Gasteiger partial charge on any atom is 0.253 e. The molecule has 0 spiro atoms. The number of nitrogens with one attached hydrogen (secondary N) is 1. The van der Waals surface area contributed by atoms with Crippen molar-refractivity contribution in [2.45, 2.75) is 46.0 Å². The summed E-state index contributed by atoms with van der Waals surface area (Å²) in [4.78, 5) is 26.1. The molecule has 1 saturated heterocycles. The molecule has 1 atom stereocenters. The standard InChI is InChI=1S/C18H26N2O2/c1-3-4-7-17(21)19-16-10-8-15(9-11-16)18(22)20-12-5-6-14(2)13-20/h8-11,14H,3-7,12-13H2,1-2H3,(H,19,21). The highest BCUT2D eigenvalue weighted by Gasteiger charge is 2.21. The Bertz CT molecular complexity index is 510. The first-order valence-corrected chi connectivity index (χ1v) is 8.29. The minimum Gasteiger partial charge on any atom is -0.338 e. The van der Waals surface area contributed by atoms with E-state index in [0.717, 1.165) is 38.0 Å². The van der Waals surface area contributed by atoms with Gasteiger partial charge in [0, 0.05) is 30.8 Å². The highest BCUT2D eigenvalue weighted by molar-refractivity contribution is 5.95. The van der Waals surface area contributed by atoms with Gasteiger partial charge in [0.25, 0.3) is 5.91 Å². The van der Waals surface area contributed by atoms with Crippen LogP contribution in [0.5, 0.6) is 0 Å². The molecule has 0 aliphatic carbocycles. The monoisotopic (exact) mass is 302 g/mol. The number of hydrogen-bond donors (Lipinski definition) is 1. The van der Waals surface area contributed by atoms with Gasteiger partial charge in [-0.05, 0) is 49.4 Å². The Morgan fingerprint density at radius 3 is 2.64 bits per heavy atom. The molecule has 1 fully saturated rings. The topological polar surface area (TPSA) is 49.4 Å². The van der Waals surface area contributed by atoms with E-state index >= 15 is 0 Å². The number of carbonyl (C=O) groups excluding carboxylic acids is 2. The highest BCUT2D eigenvalue weighted by Crippen LogP contribution is 2.19. The predicted octanol–water partition coefficient (Wildman–Crippen LogP) is 3.69. The van der Waals surface area contributed by atoms with E-state index in [-0.39, 0.29) is 11.8 Å². The predicted molar refractivity (Wildman–Crippen MR) is 88.9 cm³/mol. The van der Waals surface area contributed by atoms with Crippen LogP contribution >= 0.6 is 0 Å². The van der Waals surface area contributed by atoms with Crippen LogP contribution < -0.4 is 5.32 Å². The van der Waals surface area contributed by atoms with E-state index in [0.29, 0.717) is 17.9 Å². The Labute approximate surface area is 132 Å². The largest absolute Gasteiger partial charge is 0.338 e. The molecule has 0 saturated carbocycles. The molecule has 1 aliphatic heterocycles. The fourth-order valence-electron chi connectivity index (χ4n) is 2.81. The van der Waals surface area contributed by atoms with Crippen LogP contribution in [-0.2, 0) is 4.79 Å². The molecule has 2 amide bonds. The molecule has 0 aromatic heterocycles. The summed E-state index contributed by atoms with van der Waals surface area (Å²) in [5.41, 5.74) is 1.45. The first-order chi connectivity index (χ1) is 10.6. The Morgan fingerprint density at radius 1 is 1.27 bits per heavy atom. The fraction of sp³-hybridized carbons (Fsp3) is 0.556. The van der Waals surface area contributed by atoms with Crippen LogP contribution in [0.2, 0.25) is 0 Å². The van der Waals surface area contributed by atoms with Crippen LogP contribution in [0.25, 0.3) is 0 Å². The average Bonchev–Trinajstić information content (AvgIpc) is 2.53. The maximum absolute atomic E-state index is 12.5. The lowest BCUT2D eigenvalue weighted by Crippen LogP contribution is -2.39. The lowest BCUT2D eigenvalue weighted by atomic mass is 9.99. The van der Waals surface area contributed by atoms with Gasteiger partial charge in [0.15, 0.2) is 0 Å². The summed E-state index contributed by atoms with van der Waals surface area (Å²) in [6, 6.07) is 7.23. The van der Waals surface area contributed by atoms with E-state index in [1.54, 1.807) is 12.1 Å². The molecule has 1 aliphatic rings. The summed E-state index contributed by atoms with van der Waals surface area (Å²) < 4.78 is 0. The molecule has 22 heavy (non-hydrogen) atoms. The van der Waals surface area contributed by atoms with E-state index < -0.39 is 0 Å². The van der Waals surface area contributed by atoms with E-state index in [1.165, 1.54) is 6.42 Å². The van der Waals surface area contributed by atoms with Gasteiger partial charge in [0.05, 0.1) is 0 Å². The van der Waals surface area contributed by atoms with Gasteiger partial charge in [-0.2, -0.15) is 0 Å². The lowest BCUT2D eigenvalue weighted by molar-refractivity contribution is -0.116. The number of likely N-dealkylation sites (tertiary alicyclic amines) is 1. The summed E-state index contributed by atoms with van der Waals surface area (Å²) >= 11 is 0. The third kappa shape index (κ3) is 4.58. The van der Waals surface area contributed by atoms with Gasteiger partial charge in [-0.25, -0.2) is 0 Å². The van der Waals surface area contributed by atoms with Gasteiger partial charge in [0.1, 0.15) is 0 Å². The second-order valence-electron chi connectivity index (χ2n) is 6.23. The third-order valence-electron chi connectivity index (χ3n) is 4.12. The minimum absolute atomic E-state index is 0.0331. The molecule has 1 heterocycles. The van der Waals surface area contributed by atoms with Gasteiger partial charge in [-0.15, -0.1) is 0 Å². The van der Waals surface area contributed by atoms with Crippen molar-refractivity contribution in [3.8, 4) is 0 Å². The second kappa shape index (κ2) is 7.97. The minimum atomic E-state index is 0.0331. The number of rotatable bonds is 5. The van der Waals surface area contributed by atoms with Crippen molar-refractivity contribution < 1.29 is 9.59 Å². The SMILES string of the molecule is CCCCC(=O)Nc1ccc(C(=O)N2CCCC(C)C2)cc1. The smallest absolute Gasteiger partial charge is 0.253 e. The Hall–Kier alpha value is -1.84. The quantitative estimate of drug-likeness (QED) is 0.902. The number of benzene rings is 1. The highest BCUT2D eigenvalue weighted by atomic mass is 16.2. The molecule has 4 nitrogen and oxygen atoms in total. The van der Waals surface area contributed by atoms with Gasteiger partial charge in [-0.3, -0.25) is 9.59 Å². The van der Waals surface area contributed by atoms with E-state index in [1.807, 2.05) is 17.0 Å². The molecule has 1 aromatic rings. The summed E-state index contributed by atoms with van der Waals surface area (Å²) in [7, 11) is 0. The van der Waals surface area contributed by atoms with E-state index in [9.17, 15) is 9.59 Å². The summed E-state index contributed by atoms with van der Waals surface area (Å²) in [5, 5.41) is 2.87. The maximum atomic E-state index is 12.5.